The van der Waals surface area contributed by atoms with Gasteiger partial charge in [-0.1, -0.05) is 305 Å². The molecule has 0 aromatic carbocycles. The maximum Gasteiger partial charge on any atom is 0.472 e. The molecule has 100 heavy (non-hydrogen) atoms. The fourth-order valence-electron chi connectivity index (χ4n) is 10.6. The predicted molar refractivity (Wildman–Crippen MR) is 409 cm³/mol. The Morgan fingerprint density at radius 2 is 0.520 bits per heavy atom. The van der Waals surface area contributed by atoms with E-state index in [1.165, 1.54) is 103 Å². The lowest BCUT2D eigenvalue weighted by molar-refractivity contribution is -0.161. The molecule has 0 heterocycles. The lowest BCUT2D eigenvalue weighted by Gasteiger charge is -2.21. The summed E-state index contributed by atoms with van der Waals surface area (Å²) in [6.07, 6.45) is 76.7. The summed E-state index contributed by atoms with van der Waals surface area (Å²) in [4.78, 5) is 72.9. The number of carbonyl (C=O) groups excluding carboxylic acids is 4. The van der Waals surface area contributed by atoms with Gasteiger partial charge in [-0.25, -0.2) is 9.13 Å². The Morgan fingerprint density at radius 1 is 0.290 bits per heavy atom. The first-order chi connectivity index (χ1) is 48.7. The molecule has 578 valence electrons. The van der Waals surface area contributed by atoms with Crippen LogP contribution in [-0.4, -0.2) is 96.7 Å². The zero-order valence-corrected chi connectivity index (χ0v) is 64.9. The number of unbranched alkanes of at least 4 members (excludes halogenated alkanes) is 32. The largest absolute Gasteiger partial charge is 0.472 e. The van der Waals surface area contributed by atoms with Gasteiger partial charge in [-0.05, 0) is 103 Å². The van der Waals surface area contributed by atoms with Gasteiger partial charge in [-0.15, -0.1) is 0 Å². The molecule has 0 radical (unpaired) electrons. The van der Waals surface area contributed by atoms with Crippen molar-refractivity contribution in [2.45, 2.75) is 354 Å². The first-order valence-electron chi connectivity index (χ1n) is 39.5. The second-order valence-corrected chi connectivity index (χ2v) is 29.2. The summed E-state index contributed by atoms with van der Waals surface area (Å²) in [5, 5.41) is 10.6. The summed E-state index contributed by atoms with van der Waals surface area (Å²) in [7, 11) is -9.95. The van der Waals surface area contributed by atoms with Gasteiger partial charge >= 0.3 is 39.5 Å². The van der Waals surface area contributed by atoms with Crippen LogP contribution in [0.1, 0.15) is 336 Å². The van der Waals surface area contributed by atoms with Gasteiger partial charge in [0.1, 0.15) is 19.3 Å². The van der Waals surface area contributed by atoms with Crippen molar-refractivity contribution in [1.29, 1.82) is 0 Å². The summed E-state index contributed by atoms with van der Waals surface area (Å²) in [6.45, 7) is 4.63. The van der Waals surface area contributed by atoms with E-state index in [9.17, 15) is 43.2 Å². The average Bonchev–Trinajstić information content (AvgIpc) is 0.989. The van der Waals surface area contributed by atoms with Crippen LogP contribution in [0.2, 0.25) is 0 Å². The fraction of sp³-hybridized carbons (Fsp3) is 0.753. The van der Waals surface area contributed by atoms with Crippen LogP contribution in [0, 0.1) is 0 Å². The van der Waals surface area contributed by atoms with Gasteiger partial charge in [0.2, 0.25) is 0 Å². The summed E-state index contributed by atoms with van der Waals surface area (Å²) < 4.78 is 68.5. The molecule has 0 spiro atoms. The third kappa shape index (κ3) is 72.3. The molecular weight excluding hydrogens is 1310 g/mol. The summed E-state index contributed by atoms with van der Waals surface area (Å²) in [5.41, 5.74) is 0. The van der Waals surface area contributed by atoms with Crippen LogP contribution in [0.5, 0.6) is 0 Å². The minimum Gasteiger partial charge on any atom is -0.462 e. The molecule has 0 aliphatic rings. The lowest BCUT2D eigenvalue weighted by atomic mass is 10.0. The van der Waals surface area contributed by atoms with Gasteiger partial charge < -0.3 is 33.8 Å². The SMILES string of the molecule is CC/C=C\C/C=C\C/C=C\C/C=C\CCCCCCC(=O)OCC(COP(=O)(O)OCC(O)COP(=O)(O)OCC(COC(=O)CCCCCC/C=C\C/C=C\C/C=C\C/C=C\CC)OC(=O)CCCCCCCCCCCCCCCCC)OC(=O)CCCCCCCCCCCCC. The van der Waals surface area contributed by atoms with Crippen molar-refractivity contribution in [3.63, 3.8) is 0 Å². The molecule has 0 aromatic rings. The van der Waals surface area contributed by atoms with Crippen molar-refractivity contribution in [2.75, 3.05) is 39.6 Å². The fourth-order valence-corrected chi connectivity index (χ4v) is 12.2. The molecule has 5 atom stereocenters. The number of allylic oxidation sites excluding steroid dienone is 16. The number of rotatable bonds is 74. The first kappa shape index (κ1) is 96.0. The van der Waals surface area contributed by atoms with Gasteiger partial charge in [0, 0.05) is 25.7 Å². The number of esters is 4. The van der Waals surface area contributed by atoms with Crippen LogP contribution in [0.15, 0.2) is 97.2 Å². The molecular formula is C81H142O17P2. The molecule has 17 nitrogen and oxygen atoms in total. The molecule has 0 aromatic heterocycles. The Balaban J connectivity index is 5.34. The van der Waals surface area contributed by atoms with E-state index in [0.717, 1.165) is 154 Å². The molecule has 0 rings (SSSR count). The van der Waals surface area contributed by atoms with Gasteiger partial charge in [0.05, 0.1) is 26.4 Å². The zero-order valence-electron chi connectivity index (χ0n) is 63.1. The van der Waals surface area contributed by atoms with E-state index in [0.29, 0.717) is 25.7 Å². The molecule has 5 unspecified atom stereocenters. The van der Waals surface area contributed by atoms with Crippen molar-refractivity contribution in [2.24, 2.45) is 0 Å². The minimum absolute atomic E-state index is 0.0917. The van der Waals surface area contributed by atoms with E-state index in [4.69, 9.17) is 37.0 Å². The topological polar surface area (TPSA) is 237 Å². The minimum atomic E-state index is -4.98. The van der Waals surface area contributed by atoms with E-state index in [1.54, 1.807) is 0 Å². The molecule has 0 aliphatic heterocycles. The molecule has 0 fully saturated rings. The maximum absolute atomic E-state index is 13.1. The number of hydrogen-bond donors (Lipinski definition) is 3. The van der Waals surface area contributed by atoms with Crippen molar-refractivity contribution in [3.05, 3.63) is 97.2 Å². The standard InChI is InChI=1S/C81H142O17P2/c1-5-9-13-17-21-25-29-32-35-37-40-42-46-49-53-57-61-65-78(83)91-71-76(97-80(85)67-63-59-55-51-45-28-24-20-16-12-8-4)73-95-99(87,88)93-69-75(82)70-94-100(89,90)96-74-77(98-81(86)68-64-60-56-52-48-44-39-34-31-27-23-19-15-11-7-3)72-92-79(84)66-62-58-54-50-47-43-41-38-36-33-30-26-22-18-14-10-6-2/h9-10,13-14,21-22,25-26,32-33,35-36,40-43,75-77,82H,5-8,11-12,15-20,23-24,27-31,34,37-39,44-74H2,1-4H3,(H,87,88)(H,89,90)/b13-9-,14-10-,25-21-,26-22-,35-32-,36-33-,42-40-,43-41-. The van der Waals surface area contributed by atoms with Crippen LogP contribution < -0.4 is 0 Å². The van der Waals surface area contributed by atoms with Crippen LogP contribution in [0.3, 0.4) is 0 Å². The Morgan fingerprint density at radius 3 is 0.800 bits per heavy atom. The highest BCUT2D eigenvalue weighted by molar-refractivity contribution is 7.47. The first-order valence-corrected chi connectivity index (χ1v) is 42.5. The Kier molecular flexibility index (Phi) is 70.4. The number of ether oxygens (including phenoxy) is 4. The van der Waals surface area contributed by atoms with Crippen LogP contribution in [-0.2, 0) is 65.4 Å². The normalized spacial score (nSPS) is 14.4. The molecule has 19 heteroatoms. The summed E-state index contributed by atoms with van der Waals surface area (Å²) in [6, 6.07) is 0. The highest BCUT2D eigenvalue weighted by Crippen LogP contribution is 2.45. The van der Waals surface area contributed by atoms with Crippen molar-refractivity contribution in [3.8, 4) is 0 Å². The van der Waals surface area contributed by atoms with E-state index >= 15 is 0 Å². The van der Waals surface area contributed by atoms with E-state index < -0.39 is 97.5 Å². The second kappa shape index (κ2) is 73.3. The highest BCUT2D eigenvalue weighted by Gasteiger charge is 2.30. The Hall–Kier alpha value is -4.02. The monoisotopic (exact) mass is 1450 g/mol. The van der Waals surface area contributed by atoms with Crippen LogP contribution in [0.25, 0.3) is 0 Å². The number of carbonyl (C=O) groups is 4. The van der Waals surface area contributed by atoms with Crippen molar-refractivity contribution < 1.29 is 80.2 Å². The van der Waals surface area contributed by atoms with Gasteiger partial charge in [0.25, 0.3) is 0 Å². The third-order valence-corrected chi connectivity index (χ3v) is 18.5. The smallest absolute Gasteiger partial charge is 0.462 e. The second-order valence-electron chi connectivity index (χ2n) is 26.3. The average molecular weight is 1450 g/mol. The molecule has 0 bridgehead atoms. The predicted octanol–water partition coefficient (Wildman–Crippen LogP) is 22.8. The summed E-state index contributed by atoms with van der Waals surface area (Å²) in [5.74, 6) is -2.21. The molecule has 0 aliphatic carbocycles. The zero-order chi connectivity index (χ0) is 73.2. The highest BCUT2D eigenvalue weighted by atomic mass is 31.2. The number of aliphatic hydroxyl groups excluding tert-OH is 1. The Labute approximate surface area is 607 Å². The van der Waals surface area contributed by atoms with Crippen LogP contribution in [0.4, 0.5) is 0 Å². The maximum atomic E-state index is 13.1. The molecule has 0 saturated heterocycles. The molecule has 0 saturated carbocycles. The lowest BCUT2D eigenvalue weighted by Crippen LogP contribution is -2.30. The van der Waals surface area contributed by atoms with Crippen LogP contribution >= 0.6 is 15.6 Å². The van der Waals surface area contributed by atoms with E-state index in [1.807, 2.05) is 0 Å². The Bertz CT molecular complexity index is 2270. The number of phosphoric ester groups is 2. The summed E-state index contributed by atoms with van der Waals surface area (Å²) >= 11 is 0. The molecule has 3 N–H and O–H groups in total. The van der Waals surface area contributed by atoms with E-state index in [-0.39, 0.29) is 25.7 Å². The quantitative estimate of drug-likeness (QED) is 0.0169. The number of hydrogen-bond acceptors (Lipinski definition) is 15. The van der Waals surface area contributed by atoms with E-state index in [2.05, 4.69) is 125 Å². The number of phosphoric acid groups is 2. The van der Waals surface area contributed by atoms with Crippen molar-refractivity contribution >= 4 is 39.5 Å². The van der Waals surface area contributed by atoms with Gasteiger partial charge in [0.15, 0.2) is 12.2 Å². The van der Waals surface area contributed by atoms with Gasteiger partial charge in [-0.3, -0.25) is 37.3 Å². The molecule has 0 amide bonds. The number of aliphatic hydroxyl groups is 1. The van der Waals surface area contributed by atoms with Crippen molar-refractivity contribution in [1.82, 2.24) is 0 Å². The third-order valence-electron chi connectivity index (χ3n) is 16.6. The van der Waals surface area contributed by atoms with Gasteiger partial charge in [-0.2, -0.15) is 0 Å².